The lowest BCUT2D eigenvalue weighted by Crippen LogP contribution is -2.21. The van der Waals surface area contributed by atoms with Gasteiger partial charge in [0.25, 0.3) is 0 Å². The SMILES string of the molecule is COCC(C)Oc1c(N)cc(C#N)n1Cc1ccccc1F. The second-order valence-electron chi connectivity index (χ2n) is 4.96. The molecular formula is C16H18FN3O2. The van der Waals surface area contributed by atoms with Crippen LogP contribution in [0.15, 0.2) is 30.3 Å². The maximum Gasteiger partial charge on any atom is 0.219 e. The third-order valence-corrected chi connectivity index (χ3v) is 3.19. The molecule has 2 rings (SSSR count). The van der Waals surface area contributed by atoms with Crippen molar-refractivity contribution in [3.05, 3.63) is 47.4 Å². The van der Waals surface area contributed by atoms with E-state index in [9.17, 15) is 9.65 Å². The number of ether oxygens (including phenoxy) is 2. The second-order valence-corrected chi connectivity index (χ2v) is 4.96. The molecule has 2 aromatic rings. The number of hydrogen-bond donors (Lipinski definition) is 1. The predicted octanol–water partition coefficient (Wildman–Crippen LogP) is 2.54. The third kappa shape index (κ3) is 3.38. The zero-order valence-electron chi connectivity index (χ0n) is 12.5. The first kappa shape index (κ1) is 15.9. The first-order valence-corrected chi connectivity index (χ1v) is 6.85. The summed E-state index contributed by atoms with van der Waals surface area (Å²) in [5.41, 5.74) is 7.04. The van der Waals surface area contributed by atoms with Gasteiger partial charge in [-0.25, -0.2) is 4.39 Å². The average Bonchev–Trinajstić information content (AvgIpc) is 2.78. The maximum atomic E-state index is 13.8. The second kappa shape index (κ2) is 6.96. The highest BCUT2D eigenvalue weighted by atomic mass is 19.1. The van der Waals surface area contributed by atoms with Crippen LogP contribution in [0.4, 0.5) is 10.1 Å². The van der Waals surface area contributed by atoms with Crippen LogP contribution in [0.5, 0.6) is 5.88 Å². The lowest BCUT2D eigenvalue weighted by Gasteiger charge is -2.17. The topological polar surface area (TPSA) is 73.2 Å². The minimum absolute atomic E-state index is 0.168. The molecule has 0 saturated carbocycles. The Labute approximate surface area is 128 Å². The Bertz CT molecular complexity index is 691. The minimum Gasteiger partial charge on any atom is -0.472 e. The molecular weight excluding hydrogens is 285 g/mol. The number of nitrogens with two attached hydrogens (primary N) is 1. The Morgan fingerprint density at radius 1 is 1.41 bits per heavy atom. The first-order chi connectivity index (χ1) is 10.6. The van der Waals surface area contributed by atoms with E-state index in [1.807, 2.05) is 6.92 Å². The quantitative estimate of drug-likeness (QED) is 0.890. The molecule has 0 aliphatic heterocycles. The number of nitrogens with zero attached hydrogens (tertiary/aromatic N) is 2. The summed E-state index contributed by atoms with van der Waals surface area (Å²) in [6.07, 6.45) is -0.242. The van der Waals surface area contributed by atoms with Crippen LogP contribution in [0.2, 0.25) is 0 Å². The van der Waals surface area contributed by atoms with Crippen molar-refractivity contribution in [1.29, 1.82) is 5.26 Å². The Hall–Kier alpha value is -2.52. The van der Waals surface area contributed by atoms with Gasteiger partial charge in [0.1, 0.15) is 23.7 Å². The van der Waals surface area contributed by atoms with Crippen LogP contribution >= 0.6 is 0 Å². The van der Waals surface area contributed by atoms with Gasteiger partial charge < -0.3 is 15.2 Å². The monoisotopic (exact) mass is 303 g/mol. The van der Waals surface area contributed by atoms with Gasteiger partial charge in [-0.1, -0.05) is 18.2 Å². The van der Waals surface area contributed by atoms with Crippen molar-refractivity contribution in [2.75, 3.05) is 19.5 Å². The van der Waals surface area contributed by atoms with Gasteiger partial charge in [0.15, 0.2) is 0 Å². The molecule has 6 heteroatoms. The summed E-state index contributed by atoms with van der Waals surface area (Å²) in [5.74, 6) is 0.0129. The number of hydrogen-bond acceptors (Lipinski definition) is 4. The number of nitrogen functional groups attached to an aromatic ring is 1. The smallest absolute Gasteiger partial charge is 0.219 e. The normalized spacial score (nSPS) is 11.9. The Morgan fingerprint density at radius 2 is 2.14 bits per heavy atom. The molecule has 1 aromatic heterocycles. The van der Waals surface area contributed by atoms with Crippen molar-refractivity contribution >= 4 is 5.69 Å². The largest absolute Gasteiger partial charge is 0.472 e. The van der Waals surface area contributed by atoms with Crippen molar-refractivity contribution in [2.24, 2.45) is 0 Å². The van der Waals surface area contributed by atoms with Crippen molar-refractivity contribution in [2.45, 2.75) is 19.6 Å². The summed E-state index contributed by atoms with van der Waals surface area (Å²) in [7, 11) is 1.57. The van der Waals surface area contributed by atoms with Gasteiger partial charge in [-0.3, -0.25) is 4.57 Å². The average molecular weight is 303 g/mol. The van der Waals surface area contributed by atoms with Gasteiger partial charge in [0.2, 0.25) is 5.88 Å². The van der Waals surface area contributed by atoms with Gasteiger partial charge in [-0.2, -0.15) is 5.26 Å². The molecule has 1 aromatic carbocycles. The maximum absolute atomic E-state index is 13.8. The molecule has 0 aliphatic rings. The molecule has 0 spiro atoms. The highest BCUT2D eigenvalue weighted by molar-refractivity contribution is 5.55. The number of benzene rings is 1. The number of aromatic nitrogens is 1. The predicted molar refractivity (Wildman–Crippen MR) is 81.0 cm³/mol. The summed E-state index contributed by atoms with van der Waals surface area (Å²) < 4.78 is 26.2. The van der Waals surface area contributed by atoms with Crippen LogP contribution in [-0.4, -0.2) is 24.4 Å². The summed E-state index contributed by atoms with van der Waals surface area (Å²) in [6.45, 7) is 2.38. The summed E-state index contributed by atoms with van der Waals surface area (Å²) in [6, 6.07) is 9.97. The highest BCUT2D eigenvalue weighted by Gasteiger charge is 2.18. The van der Waals surface area contributed by atoms with E-state index in [2.05, 4.69) is 6.07 Å². The molecule has 1 atom stereocenters. The fraction of sp³-hybridized carbons (Fsp3) is 0.312. The molecule has 5 nitrogen and oxygen atoms in total. The van der Waals surface area contributed by atoms with Gasteiger partial charge in [-0.15, -0.1) is 0 Å². The van der Waals surface area contributed by atoms with E-state index < -0.39 is 0 Å². The van der Waals surface area contributed by atoms with Gasteiger partial charge >= 0.3 is 0 Å². The third-order valence-electron chi connectivity index (χ3n) is 3.19. The molecule has 116 valence electrons. The van der Waals surface area contributed by atoms with Crippen LogP contribution < -0.4 is 10.5 Å². The van der Waals surface area contributed by atoms with Crippen molar-refractivity contribution in [3.8, 4) is 11.9 Å². The molecule has 0 fully saturated rings. The highest BCUT2D eigenvalue weighted by Crippen LogP contribution is 2.29. The van der Waals surface area contributed by atoms with Crippen molar-refractivity contribution in [3.63, 3.8) is 0 Å². The number of anilines is 1. The number of halogens is 1. The lowest BCUT2D eigenvalue weighted by atomic mass is 10.2. The van der Waals surface area contributed by atoms with Crippen molar-refractivity contribution < 1.29 is 13.9 Å². The van der Waals surface area contributed by atoms with E-state index in [1.165, 1.54) is 12.1 Å². The van der Waals surface area contributed by atoms with Crippen LogP contribution in [-0.2, 0) is 11.3 Å². The van der Waals surface area contributed by atoms with E-state index in [0.29, 0.717) is 29.4 Å². The van der Waals surface area contributed by atoms with Crippen LogP contribution in [0.25, 0.3) is 0 Å². The number of nitriles is 1. The summed E-state index contributed by atoms with van der Waals surface area (Å²) in [4.78, 5) is 0. The fourth-order valence-electron chi connectivity index (χ4n) is 2.19. The van der Waals surface area contributed by atoms with Crippen LogP contribution in [0.3, 0.4) is 0 Å². The fourth-order valence-corrected chi connectivity index (χ4v) is 2.19. The Balaban J connectivity index is 2.37. The molecule has 0 aliphatic carbocycles. The molecule has 0 radical (unpaired) electrons. The first-order valence-electron chi connectivity index (χ1n) is 6.85. The number of rotatable bonds is 6. The minimum atomic E-state index is -0.338. The lowest BCUT2D eigenvalue weighted by molar-refractivity contribution is 0.0869. The summed E-state index contributed by atoms with van der Waals surface area (Å²) >= 11 is 0. The molecule has 0 bridgehead atoms. The molecule has 22 heavy (non-hydrogen) atoms. The number of methoxy groups -OCH3 is 1. The zero-order valence-corrected chi connectivity index (χ0v) is 12.5. The Kier molecular flexibility index (Phi) is 5.02. The van der Waals surface area contributed by atoms with Gasteiger partial charge in [0.05, 0.1) is 18.8 Å². The Morgan fingerprint density at radius 3 is 2.77 bits per heavy atom. The molecule has 0 amide bonds. The van der Waals surface area contributed by atoms with Gasteiger partial charge in [0, 0.05) is 18.7 Å². The standard InChI is InChI=1S/C16H18FN3O2/c1-11(10-21-2)22-16-15(19)7-13(8-18)20(16)9-12-5-3-4-6-14(12)17/h3-7,11H,9-10,19H2,1-2H3. The van der Waals surface area contributed by atoms with E-state index >= 15 is 0 Å². The molecule has 1 unspecified atom stereocenters. The van der Waals surface area contributed by atoms with Crippen LogP contribution in [0, 0.1) is 17.1 Å². The van der Waals surface area contributed by atoms with Gasteiger partial charge in [-0.05, 0) is 13.0 Å². The zero-order chi connectivity index (χ0) is 16.1. The summed E-state index contributed by atoms with van der Waals surface area (Å²) in [5, 5.41) is 9.24. The van der Waals surface area contributed by atoms with E-state index in [1.54, 1.807) is 29.9 Å². The van der Waals surface area contributed by atoms with Crippen molar-refractivity contribution in [1.82, 2.24) is 4.57 Å². The van der Waals surface area contributed by atoms with Crippen LogP contribution in [0.1, 0.15) is 18.2 Å². The van der Waals surface area contributed by atoms with E-state index in [4.69, 9.17) is 15.2 Å². The van der Waals surface area contributed by atoms with E-state index in [-0.39, 0.29) is 18.5 Å². The molecule has 1 heterocycles. The molecule has 0 saturated heterocycles. The van der Waals surface area contributed by atoms with E-state index in [0.717, 1.165) is 0 Å². The molecule has 2 N–H and O–H groups in total.